The molecule has 1 N–H and O–H groups in total. The van der Waals surface area contributed by atoms with Gasteiger partial charge in [-0.25, -0.2) is 0 Å². The monoisotopic (exact) mass is 427 g/mol. The van der Waals surface area contributed by atoms with E-state index >= 15 is 0 Å². The molecule has 0 saturated carbocycles. The van der Waals surface area contributed by atoms with Crippen LogP contribution in [0.1, 0.15) is 57.4 Å². The molecule has 1 aromatic rings. The van der Waals surface area contributed by atoms with Crippen molar-refractivity contribution in [3.63, 3.8) is 0 Å². The summed E-state index contributed by atoms with van der Waals surface area (Å²) >= 11 is 0. The van der Waals surface area contributed by atoms with E-state index in [2.05, 4.69) is 31.9 Å². The Bertz CT molecular complexity index is 660. The number of nitrogens with zero attached hydrogens (tertiary/aromatic N) is 4. The second-order valence-corrected chi connectivity index (χ2v) is 9.73. The Morgan fingerprint density at radius 2 is 1.58 bits per heavy atom. The van der Waals surface area contributed by atoms with Gasteiger partial charge in [0.15, 0.2) is 0 Å². The highest BCUT2D eigenvalue weighted by molar-refractivity contribution is 5.78. The quantitative estimate of drug-likeness (QED) is 0.725. The number of carbonyl (C=O) groups excluding carboxylic acids is 1. The number of amides is 1. The molecule has 0 radical (unpaired) electrons. The van der Waals surface area contributed by atoms with Crippen molar-refractivity contribution >= 4 is 5.91 Å². The molecule has 0 unspecified atom stereocenters. The topological polar surface area (TPSA) is 51.7 Å². The number of nitrogens with one attached hydrogen (secondary N) is 1. The minimum atomic E-state index is 0.168. The summed E-state index contributed by atoms with van der Waals surface area (Å²) < 4.78 is 0. The number of carbonyl (C=O) groups is 1. The Labute approximate surface area is 188 Å². The first-order valence-electron chi connectivity index (χ1n) is 12.6. The molecule has 3 fully saturated rings. The highest BCUT2D eigenvalue weighted by Crippen LogP contribution is 2.27. The van der Waals surface area contributed by atoms with Gasteiger partial charge in [0.2, 0.25) is 5.91 Å². The van der Waals surface area contributed by atoms with Crippen molar-refractivity contribution < 1.29 is 4.79 Å². The standard InChI is InChI=1S/C25H41N5O/c1-2-12-28-13-7-23(8-14-28)30-17-9-24(10-18-30)29-15-5-22(6-16-29)25(31)27-20-21-4-3-11-26-19-21/h3-4,11,19,22-24H,2,5-10,12-18,20H2,1H3,(H,27,31). The van der Waals surface area contributed by atoms with E-state index in [0.717, 1.165) is 43.6 Å². The fourth-order valence-corrected chi connectivity index (χ4v) is 5.80. The van der Waals surface area contributed by atoms with Crippen molar-refractivity contribution in [1.29, 1.82) is 0 Å². The van der Waals surface area contributed by atoms with Gasteiger partial charge in [-0.1, -0.05) is 13.0 Å². The first-order chi connectivity index (χ1) is 15.2. The summed E-state index contributed by atoms with van der Waals surface area (Å²) in [5.41, 5.74) is 1.07. The lowest BCUT2D eigenvalue weighted by atomic mass is 9.92. The molecule has 3 aliphatic rings. The van der Waals surface area contributed by atoms with Gasteiger partial charge in [0.25, 0.3) is 0 Å². The third kappa shape index (κ3) is 6.27. The lowest BCUT2D eigenvalue weighted by Crippen LogP contribution is -2.52. The van der Waals surface area contributed by atoms with Crippen LogP contribution in [-0.2, 0) is 11.3 Å². The summed E-state index contributed by atoms with van der Waals surface area (Å²) in [4.78, 5) is 24.8. The van der Waals surface area contributed by atoms with E-state index in [1.807, 2.05) is 18.3 Å². The van der Waals surface area contributed by atoms with Gasteiger partial charge < -0.3 is 20.0 Å². The van der Waals surface area contributed by atoms with E-state index < -0.39 is 0 Å². The van der Waals surface area contributed by atoms with E-state index in [4.69, 9.17) is 0 Å². The first-order valence-corrected chi connectivity index (χ1v) is 12.6. The largest absolute Gasteiger partial charge is 0.352 e. The zero-order valence-corrected chi connectivity index (χ0v) is 19.3. The minimum Gasteiger partial charge on any atom is -0.352 e. The average molecular weight is 428 g/mol. The molecule has 6 nitrogen and oxygen atoms in total. The summed E-state index contributed by atoms with van der Waals surface area (Å²) in [5, 5.41) is 3.11. The molecular weight excluding hydrogens is 386 g/mol. The fourth-order valence-electron chi connectivity index (χ4n) is 5.80. The van der Waals surface area contributed by atoms with Gasteiger partial charge in [0.1, 0.15) is 0 Å². The van der Waals surface area contributed by atoms with Crippen LogP contribution in [0.3, 0.4) is 0 Å². The predicted octanol–water partition coefficient (Wildman–Crippen LogP) is 2.75. The molecule has 1 aromatic heterocycles. The van der Waals surface area contributed by atoms with Crippen LogP contribution in [0.4, 0.5) is 0 Å². The maximum Gasteiger partial charge on any atom is 0.223 e. The molecule has 4 heterocycles. The zero-order valence-electron chi connectivity index (χ0n) is 19.3. The Morgan fingerprint density at radius 1 is 0.968 bits per heavy atom. The van der Waals surface area contributed by atoms with Gasteiger partial charge in [-0.2, -0.15) is 0 Å². The van der Waals surface area contributed by atoms with Gasteiger partial charge in [-0.05, 0) is 102 Å². The Morgan fingerprint density at radius 3 is 2.16 bits per heavy atom. The smallest absolute Gasteiger partial charge is 0.223 e. The average Bonchev–Trinajstić information content (AvgIpc) is 2.84. The molecule has 0 aromatic carbocycles. The summed E-state index contributed by atoms with van der Waals surface area (Å²) in [7, 11) is 0. The van der Waals surface area contributed by atoms with Crippen LogP contribution in [-0.4, -0.2) is 83.5 Å². The van der Waals surface area contributed by atoms with Crippen LogP contribution >= 0.6 is 0 Å². The molecule has 4 rings (SSSR count). The number of piperidine rings is 3. The normalized spacial score (nSPS) is 23.8. The first kappa shape index (κ1) is 22.7. The Balaban J connectivity index is 1.14. The van der Waals surface area contributed by atoms with E-state index in [9.17, 15) is 4.79 Å². The van der Waals surface area contributed by atoms with Gasteiger partial charge in [-0.15, -0.1) is 0 Å². The van der Waals surface area contributed by atoms with Gasteiger partial charge in [0.05, 0.1) is 0 Å². The Hall–Kier alpha value is -1.50. The number of aromatic nitrogens is 1. The van der Waals surface area contributed by atoms with Crippen LogP contribution in [0.15, 0.2) is 24.5 Å². The van der Waals surface area contributed by atoms with E-state index in [-0.39, 0.29) is 11.8 Å². The molecule has 0 spiro atoms. The number of hydrogen-bond donors (Lipinski definition) is 1. The number of likely N-dealkylation sites (tertiary alicyclic amines) is 3. The number of pyridine rings is 1. The van der Waals surface area contributed by atoms with Crippen LogP contribution in [0.25, 0.3) is 0 Å². The molecule has 6 heteroatoms. The summed E-state index contributed by atoms with van der Waals surface area (Å²) in [5.74, 6) is 0.383. The van der Waals surface area contributed by atoms with E-state index in [1.165, 1.54) is 64.8 Å². The van der Waals surface area contributed by atoms with Crippen molar-refractivity contribution in [2.75, 3.05) is 45.8 Å². The van der Waals surface area contributed by atoms with Crippen LogP contribution in [0.5, 0.6) is 0 Å². The SMILES string of the molecule is CCCN1CCC(N2CCC(N3CCC(C(=O)NCc4cccnc4)CC3)CC2)CC1. The minimum absolute atomic E-state index is 0.168. The van der Waals surface area contributed by atoms with Crippen LogP contribution in [0.2, 0.25) is 0 Å². The fraction of sp³-hybridized carbons (Fsp3) is 0.760. The molecule has 0 aliphatic carbocycles. The van der Waals surface area contributed by atoms with Crippen molar-refractivity contribution in [3.8, 4) is 0 Å². The van der Waals surface area contributed by atoms with Crippen molar-refractivity contribution in [1.82, 2.24) is 25.0 Å². The maximum atomic E-state index is 12.6. The summed E-state index contributed by atoms with van der Waals surface area (Å²) in [6.07, 6.45) is 12.2. The van der Waals surface area contributed by atoms with Crippen LogP contribution < -0.4 is 5.32 Å². The molecule has 0 atom stereocenters. The third-order valence-corrected chi connectivity index (χ3v) is 7.72. The predicted molar refractivity (Wildman–Crippen MR) is 125 cm³/mol. The van der Waals surface area contributed by atoms with Gasteiger partial charge >= 0.3 is 0 Å². The lowest BCUT2D eigenvalue weighted by Gasteiger charge is -2.45. The second-order valence-electron chi connectivity index (χ2n) is 9.73. The Kier molecular flexibility index (Phi) is 8.34. The van der Waals surface area contributed by atoms with Gasteiger partial charge in [-0.3, -0.25) is 9.78 Å². The van der Waals surface area contributed by atoms with Crippen molar-refractivity contribution in [2.24, 2.45) is 5.92 Å². The lowest BCUT2D eigenvalue weighted by molar-refractivity contribution is -0.126. The summed E-state index contributed by atoms with van der Waals surface area (Å²) in [6, 6.07) is 5.45. The van der Waals surface area contributed by atoms with Crippen molar-refractivity contribution in [3.05, 3.63) is 30.1 Å². The number of hydrogen-bond acceptors (Lipinski definition) is 5. The molecule has 3 saturated heterocycles. The van der Waals surface area contributed by atoms with Gasteiger partial charge in [0, 0.05) is 36.9 Å². The van der Waals surface area contributed by atoms with E-state index in [1.54, 1.807) is 6.20 Å². The third-order valence-electron chi connectivity index (χ3n) is 7.72. The van der Waals surface area contributed by atoms with E-state index in [0.29, 0.717) is 6.54 Å². The number of rotatable bonds is 7. The molecule has 3 aliphatic heterocycles. The van der Waals surface area contributed by atoms with Crippen molar-refractivity contribution in [2.45, 2.75) is 70.5 Å². The second kappa shape index (κ2) is 11.4. The van der Waals surface area contributed by atoms with Crippen LogP contribution in [0, 0.1) is 5.92 Å². The summed E-state index contributed by atoms with van der Waals surface area (Å²) in [6.45, 7) is 11.4. The molecule has 31 heavy (non-hydrogen) atoms. The molecule has 1 amide bonds. The zero-order chi connectivity index (χ0) is 21.5. The highest BCUT2D eigenvalue weighted by Gasteiger charge is 2.33. The molecular formula is C25H41N5O. The molecule has 172 valence electrons. The molecule has 0 bridgehead atoms. The maximum absolute atomic E-state index is 12.6. The highest BCUT2D eigenvalue weighted by atomic mass is 16.1.